The number of hydrogen-bond donors (Lipinski definition) is 1. The van der Waals surface area contributed by atoms with Crippen LogP contribution in [0.3, 0.4) is 0 Å². The van der Waals surface area contributed by atoms with Gasteiger partial charge in [-0.15, -0.1) is 0 Å². The quantitative estimate of drug-likeness (QED) is 0.888. The number of nitrogens with zero attached hydrogens (tertiary/aromatic N) is 2. The van der Waals surface area contributed by atoms with Gasteiger partial charge in [0.05, 0.1) is 11.4 Å². The summed E-state index contributed by atoms with van der Waals surface area (Å²) in [5.41, 5.74) is 0. The molecule has 2 heterocycles. The van der Waals surface area contributed by atoms with Gasteiger partial charge in [0, 0.05) is 36.3 Å². The number of sulfonamides is 1. The van der Waals surface area contributed by atoms with Gasteiger partial charge in [0.2, 0.25) is 15.9 Å². The molecule has 6 nitrogen and oxygen atoms in total. The Morgan fingerprint density at radius 1 is 1.24 bits per heavy atom. The molecule has 1 aromatic carbocycles. The number of nitrogens with one attached hydrogen (secondary N) is 1. The van der Waals surface area contributed by atoms with Crippen LogP contribution in [-0.4, -0.2) is 43.2 Å². The number of aromatic nitrogens is 1. The number of fused-ring (bicyclic) bond motifs is 1. The Hall–Kier alpha value is -1.99. The number of benzene rings is 1. The van der Waals surface area contributed by atoms with Crippen molar-refractivity contribution in [2.75, 3.05) is 19.6 Å². The van der Waals surface area contributed by atoms with Gasteiger partial charge in [-0.25, -0.2) is 8.42 Å². The molecule has 1 amide bonds. The summed E-state index contributed by atoms with van der Waals surface area (Å²) < 4.78 is 26.9. The first-order chi connectivity index (χ1) is 10.1. The molecule has 0 bridgehead atoms. The molecule has 1 aliphatic rings. The van der Waals surface area contributed by atoms with Crippen LogP contribution in [-0.2, 0) is 14.8 Å². The van der Waals surface area contributed by atoms with Gasteiger partial charge in [-0.05, 0) is 18.6 Å². The normalized spacial score (nSPS) is 17.4. The number of carbonyl (C=O) groups excluding carboxylic acids is 1. The Morgan fingerprint density at radius 3 is 2.95 bits per heavy atom. The van der Waals surface area contributed by atoms with Crippen LogP contribution < -0.4 is 5.32 Å². The van der Waals surface area contributed by atoms with Crippen LogP contribution in [0.4, 0.5) is 0 Å². The molecule has 3 rings (SSSR count). The summed E-state index contributed by atoms with van der Waals surface area (Å²) in [6.07, 6.45) is 3.80. The van der Waals surface area contributed by atoms with Crippen molar-refractivity contribution < 1.29 is 13.2 Å². The minimum absolute atomic E-state index is 0.135. The molecule has 0 spiro atoms. The molecule has 7 heteroatoms. The van der Waals surface area contributed by atoms with Crippen molar-refractivity contribution in [1.82, 2.24) is 14.6 Å². The van der Waals surface area contributed by atoms with Gasteiger partial charge in [0.15, 0.2) is 0 Å². The molecule has 1 aromatic heterocycles. The van der Waals surface area contributed by atoms with Crippen LogP contribution >= 0.6 is 0 Å². The van der Waals surface area contributed by atoms with Gasteiger partial charge < -0.3 is 5.32 Å². The second kappa shape index (κ2) is 5.42. The molecule has 0 unspecified atom stereocenters. The van der Waals surface area contributed by atoms with E-state index in [9.17, 15) is 13.2 Å². The molecule has 2 aromatic rings. The van der Waals surface area contributed by atoms with Crippen LogP contribution in [0.2, 0.25) is 0 Å². The fourth-order valence-electron chi connectivity index (χ4n) is 2.44. The summed E-state index contributed by atoms with van der Waals surface area (Å²) in [7, 11) is -3.70. The van der Waals surface area contributed by atoms with Crippen molar-refractivity contribution in [2.24, 2.45) is 0 Å². The molecule has 110 valence electrons. The monoisotopic (exact) mass is 305 g/mol. The van der Waals surface area contributed by atoms with E-state index in [1.165, 1.54) is 4.31 Å². The zero-order chi connectivity index (χ0) is 14.9. The third kappa shape index (κ3) is 2.62. The van der Waals surface area contributed by atoms with E-state index >= 15 is 0 Å². The highest BCUT2D eigenvalue weighted by molar-refractivity contribution is 7.89. The predicted octanol–water partition coefficient (Wildman–Crippen LogP) is 0.745. The highest BCUT2D eigenvalue weighted by atomic mass is 32.2. The SMILES string of the molecule is O=C1CN(S(=O)(=O)c2cccc3cnccc23)CCCN1. The lowest BCUT2D eigenvalue weighted by Crippen LogP contribution is -2.37. The number of rotatable bonds is 2. The summed E-state index contributed by atoms with van der Waals surface area (Å²) in [6.45, 7) is 0.705. The van der Waals surface area contributed by atoms with Gasteiger partial charge in [-0.3, -0.25) is 9.78 Å². The summed E-state index contributed by atoms with van der Waals surface area (Å²) in [5, 5.41) is 4.06. The van der Waals surface area contributed by atoms with Crippen molar-refractivity contribution in [1.29, 1.82) is 0 Å². The van der Waals surface area contributed by atoms with Crippen LogP contribution in [0.25, 0.3) is 10.8 Å². The molecule has 0 radical (unpaired) electrons. The summed E-state index contributed by atoms with van der Waals surface area (Å²) in [5.74, 6) is -0.266. The maximum Gasteiger partial charge on any atom is 0.244 e. The first-order valence-electron chi connectivity index (χ1n) is 6.68. The summed E-state index contributed by atoms with van der Waals surface area (Å²) in [4.78, 5) is 15.8. The lowest BCUT2D eigenvalue weighted by atomic mass is 10.2. The second-order valence-electron chi connectivity index (χ2n) is 4.90. The third-order valence-electron chi connectivity index (χ3n) is 3.48. The molecule has 0 atom stereocenters. The van der Waals surface area contributed by atoms with E-state index in [0.29, 0.717) is 24.9 Å². The van der Waals surface area contributed by atoms with E-state index in [-0.39, 0.29) is 17.3 Å². The zero-order valence-electron chi connectivity index (χ0n) is 11.3. The van der Waals surface area contributed by atoms with Gasteiger partial charge in [-0.1, -0.05) is 12.1 Å². The Balaban J connectivity index is 2.09. The van der Waals surface area contributed by atoms with Crippen molar-refractivity contribution in [3.8, 4) is 0 Å². The fraction of sp³-hybridized carbons (Fsp3) is 0.286. The zero-order valence-corrected chi connectivity index (χ0v) is 12.1. The maximum atomic E-state index is 12.8. The average molecular weight is 305 g/mol. The summed E-state index contributed by atoms with van der Waals surface area (Å²) in [6, 6.07) is 6.76. The lowest BCUT2D eigenvalue weighted by Gasteiger charge is -2.19. The van der Waals surface area contributed by atoms with E-state index in [0.717, 1.165) is 5.39 Å². The molecule has 21 heavy (non-hydrogen) atoms. The first-order valence-corrected chi connectivity index (χ1v) is 8.12. The standard InChI is InChI=1S/C14H15N3O3S/c18-14-10-17(8-2-6-16-14)21(19,20)13-4-1-3-11-9-15-7-5-12(11)13/h1,3-5,7,9H,2,6,8,10H2,(H,16,18). The van der Waals surface area contributed by atoms with Crippen molar-refractivity contribution in [3.05, 3.63) is 36.7 Å². The highest BCUT2D eigenvalue weighted by Crippen LogP contribution is 2.25. The van der Waals surface area contributed by atoms with Gasteiger partial charge in [0.25, 0.3) is 0 Å². The smallest absolute Gasteiger partial charge is 0.244 e. The average Bonchev–Trinajstić information content (AvgIpc) is 2.71. The third-order valence-corrected chi connectivity index (χ3v) is 5.39. The molecule has 1 saturated heterocycles. The van der Waals surface area contributed by atoms with Crippen molar-refractivity contribution >= 4 is 26.7 Å². The fourth-order valence-corrected chi connectivity index (χ4v) is 4.09. The molecule has 1 aliphatic heterocycles. The van der Waals surface area contributed by atoms with Gasteiger partial charge >= 0.3 is 0 Å². The van der Waals surface area contributed by atoms with Crippen LogP contribution in [0, 0.1) is 0 Å². The van der Waals surface area contributed by atoms with E-state index in [1.807, 2.05) is 6.07 Å². The second-order valence-corrected chi connectivity index (χ2v) is 6.80. The predicted molar refractivity (Wildman–Crippen MR) is 78.1 cm³/mol. The number of pyridine rings is 1. The Labute approximate surface area is 122 Å². The lowest BCUT2D eigenvalue weighted by molar-refractivity contribution is -0.120. The van der Waals surface area contributed by atoms with Gasteiger partial charge in [0.1, 0.15) is 0 Å². The highest BCUT2D eigenvalue weighted by Gasteiger charge is 2.29. The minimum atomic E-state index is -3.70. The molecular formula is C14H15N3O3S. The van der Waals surface area contributed by atoms with Crippen molar-refractivity contribution in [2.45, 2.75) is 11.3 Å². The van der Waals surface area contributed by atoms with Crippen LogP contribution in [0.1, 0.15) is 6.42 Å². The number of carbonyl (C=O) groups is 1. The van der Waals surface area contributed by atoms with E-state index < -0.39 is 10.0 Å². The Bertz CT molecular complexity index is 784. The van der Waals surface area contributed by atoms with E-state index in [2.05, 4.69) is 10.3 Å². The Kier molecular flexibility index (Phi) is 3.60. The van der Waals surface area contributed by atoms with E-state index in [1.54, 1.807) is 30.6 Å². The number of amides is 1. The largest absolute Gasteiger partial charge is 0.355 e. The maximum absolute atomic E-state index is 12.8. The Morgan fingerprint density at radius 2 is 2.10 bits per heavy atom. The summed E-state index contributed by atoms with van der Waals surface area (Å²) >= 11 is 0. The number of hydrogen-bond acceptors (Lipinski definition) is 4. The molecule has 0 saturated carbocycles. The first kappa shape index (κ1) is 14.0. The molecular weight excluding hydrogens is 290 g/mol. The molecule has 0 aliphatic carbocycles. The van der Waals surface area contributed by atoms with E-state index in [4.69, 9.17) is 0 Å². The minimum Gasteiger partial charge on any atom is -0.355 e. The topological polar surface area (TPSA) is 79.4 Å². The van der Waals surface area contributed by atoms with Crippen LogP contribution in [0.15, 0.2) is 41.6 Å². The molecule has 1 N–H and O–H groups in total. The molecule has 1 fully saturated rings. The van der Waals surface area contributed by atoms with Crippen LogP contribution in [0.5, 0.6) is 0 Å². The van der Waals surface area contributed by atoms with Gasteiger partial charge in [-0.2, -0.15) is 4.31 Å². The van der Waals surface area contributed by atoms with Crippen molar-refractivity contribution in [3.63, 3.8) is 0 Å².